The third-order valence-corrected chi connectivity index (χ3v) is 2.75. The molecular weight excluding hydrogens is 202 g/mol. The van der Waals surface area contributed by atoms with Crippen molar-refractivity contribution in [3.05, 3.63) is 48.2 Å². The predicted molar refractivity (Wildman–Crippen MR) is 60.1 cm³/mol. The molecule has 0 radical (unpaired) electrons. The monoisotopic (exact) mass is 210 g/mol. The number of carbonyl (C=O) groups excluding carboxylic acids is 1. The average molecular weight is 210 g/mol. The Balaban J connectivity index is 2.46. The van der Waals surface area contributed by atoms with Crippen LogP contribution in [0.1, 0.15) is 10.5 Å². The molecule has 3 heteroatoms. The zero-order valence-electron chi connectivity index (χ0n) is 8.36. The summed E-state index contributed by atoms with van der Waals surface area (Å²) in [6.07, 6.45) is 0. The van der Waals surface area contributed by atoms with Gasteiger partial charge >= 0.3 is 0 Å². The van der Waals surface area contributed by atoms with Gasteiger partial charge in [-0.1, -0.05) is 30.3 Å². The van der Waals surface area contributed by atoms with Crippen LogP contribution in [-0.4, -0.2) is 11.0 Å². The van der Waals surface area contributed by atoms with Crippen molar-refractivity contribution in [3.63, 3.8) is 0 Å². The molecule has 0 aliphatic heterocycles. The zero-order valence-corrected chi connectivity index (χ0v) is 8.36. The second-order valence-corrected chi connectivity index (χ2v) is 3.72. The second kappa shape index (κ2) is 3.10. The highest BCUT2D eigenvalue weighted by atomic mass is 16.4. The van der Waals surface area contributed by atoms with Gasteiger partial charge in [0.25, 0.3) is 0 Å². The fourth-order valence-corrected chi connectivity index (χ4v) is 2.00. The quantitative estimate of drug-likeness (QED) is 0.664. The van der Waals surface area contributed by atoms with Crippen molar-refractivity contribution in [2.75, 3.05) is 0 Å². The molecular formula is C13H8NO2-. The maximum absolute atomic E-state index is 10.8. The molecule has 16 heavy (non-hydrogen) atoms. The zero-order chi connectivity index (χ0) is 11.1. The maximum Gasteiger partial charge on any atom is 0.0878 e. The number of carboxylic acids is 1. The summed E-state index contributed by atoms with van der Waals surface area (Å²) < 4.78 is 0. The molecule has 3 aromatic rings. The number of hydrogen-bond acceptors (Lipinski definition) is 2. The molecule has 0 bridgehead atoms. The molecule has 1 heterocycles. The van der Waals surface area contributed by atoms with Gasteiger partial charge < -0.3 is 14.9 Å². The van der Waals surface area contributed by atoms with Crippen molar-refractivity contribution < 1.29 is 9.90 Å². The van der Waals surface area contributed by atoms with E-state index in [1.807, 2.05) is 36.4 Å². The summed E-state index contributed by atoms with van der Waals surface area (Å²) in [4.78, 5) is 13.6. The highest BCUT2D eigenvalue weighted by Crippen LogP contribution is 2.25. The van der Waals surface area contributed by atoms with Crippen LogP contribution in [0.5, 0.6) is 0 Å². The molecule has 0 spiro atoms. The molecule has 0 aliphatic rings. The molecule has 0 atom stereocenters. The van der Waals surface area contributed by atoms with Crippen LogP contribution in [0.3, 0.4) is 0 Å². The van der Waals surface area contributed by atoms with Gasteiger partial charge in [0.2, 0.25) is 0 Å². The number of nitrogens with one attached hydrogen (secondary N) is 1. The second-order valence-electron chi connectivity index (χ2n) is 3.72. The lowest BCUT2D eigenvalue weighted by molar-refractivity contribution is -0.255. The van der Waals surface area contributed by atoms with E-state index in [9.17, 15) is 9.90 Å². The summed E-state index contributed by atoms with van der Waals surface area (Å²) in [5.74, 6) is -1.18. The van der Waals surface area contributed by atoms with E-state index < -0.39 is 5.97 Å². The van der Waals surface area contributed by atoms with E-state index in [4.69, 9.17) is 0 Å². The standard InChI is InChI=1S/C13H9NO2/c15-13(16)12-7-10-9-4-2-1-3-8(9)5-6-11(10)14-12/h1-7,14H,(H,15,16)/p-1. The summed E-state index contributed by atoms with van der Waals surface area (Å²) in [6.45, 7) is 0. The van der Waals surface area contributed by atoms with Crippen molar-refractivity contribution in [2.45, 2.75) is 0 Å². The van der Waals surface area contributed by atoms with E-state index in [1.54, 1.807) is 6.07 Å². The Morgan fingerprint density at radius 3 is 2.69 bits per heavy atom. The first kappa shape index (κ1) is 8.97. The first-order chi connectivity index (χ1) is 7.75. The lowest BCUT2D eigenvalue weighted by Gasteiger charge is -1.97. The van der Waals surface area contributed by atoms with E-state index >= 15 is 0 Å². The van der Waals surface area contributed by atoms with E-state index in [0.29, 0.717) is 0 Å². The molecule has 0 fully saturated rings. The molecule has 2 aromatic carbocycles. The number of rotatable bonds is 1. The van der Waals surface area contributed by atoms with Gasteiger partial charge in [0, 0.05) is 10.9 Å². The van der Waals surface area contributed by atoms with E-state index in [0.717, 1.165) is 21.7 Å². The van der Waals surface area contributed by atoms with Crippen LogP contribution < -0.4 is 5.11 Å². The molecule has 1 N–H and O–H groups in total. The van der Waals surface area contributed by atoms with E-state index in [1.165, 1.54) is 0 Å². The number of carbonyl (C=O) groups is 1. The van der Waals surface area contributed by atoms with E-state index in [-0.39, 0.29) is 5.69 Å². The lowest BCUT2D eigenvalue weighted by Crippen LogP contribution is -2.22. The normalized spacial score (nSPS) is 11.0. The Bertz CT molecular complexity index is 697. The number of aromatic nitrogens is 1. The van der Waals surface area contributed by atoms with Gasteiger partial charge in [0.15, 0.2) is 0 Å². The largest absolute Gasteiger partial charge is 0.543 e. The molecule has 0 amide bonds. The van der Waals surface area contributed by atoms with Gasteiger partial charge in [-0.15, -0.1) is 0 Å². The number of aromatic carboxylic acids is 1. The summed E-state index contributed by atoms with van der Waals surface area (Å²) in [5.41, 5.74) is 0.934. The lowest BCUT2D eigenvalue weighted by atomic mass is 10.1. The van der Waals surface area contributed by atoms with Crippen LogP contribution in [-0.2, 0) is 0 Å². The van der Waals surface area contributed by atoms with Crippen LogP contribution in [0, 0.1) is 0 Å². The van der Waals surface area contributed by atoms with Crippen LogP contribution in [0.4, 0.5) is 0 Å². The topological polar surface area (TPSA) is 55.9 Å². The van der Waals surface area contributed by atoms with Crippen molar-refractivity contribution in [1.29, 1.82) is 0 Å². The molecule has 0 saturated carbocycles. The van der Waals surface area contributed by atoms with Gasteiger partial charge in [0.05, 0.1) is 11.7 Å². The molecule has 3 nitrogen and oxygen atoms in total. The molecule has 1 aromatic heterocycles. The minimum atomic E-state index is -1.18. The molecule has 3 rings (SSSR count). The average Bonchev–Trinajstić information content (AvgIpc) is 2.73. The summed E-state index contributed by atoms with van der Waals surface area (Å²) in [6, 6.07) is 13.3. The van der Waals surface area contributed by atoms with Crippen molar-refractivity contribution in [1.82, 2.24) is 4.98 Å². The van der Waals surface area contributed by atoms with Crippen LogP contribution in [0.25, 0.3) is 21.7 Å². The summed E-state index contributed by atoms with van der Waals surface area (Å²) in [5, 5.41) is 13.8. The number of benzene rings is 2. The molecule has 78 valence electrons. The SMILES string of the molecule is O=C([O-])c1cc2c(ccc3ccccc32)[nH]1. The molecule has 0 saturated heterocycles. The Kier molecular flexibility index (Phi) is 1.74. The van der Waals surface area contributed by atoms with Crippen molar-refractivity contribution >= 4 is 27.6 Å². The Hall–Kier alpha value is -2.29. The maximum atomic E-state index is 10.8. The smallest absolute Gasteiger partial charge is 0.0878 e. The minimum Gasteiger partial charge on any atom is -0.543 e. The summed E-state index contributed by atoms with van der Waals surface area (Å²) >= 11 is 0. The van der Waals surface area contributed by atoms with Crippen molar-refractivity contribution in [2.24, 2.45) is 0 Å². The van der Waals surface area contributed by atoms with Crippen LogP contribution in [0.15, 0.2) is 42.5 Å². The van der Waals surface area contributed by atoms with Crippen LogP contribution in [0.2, 0.25) is 0 Å². The number of carboxylic acid groups (broad SMARTS) is 1. The number of hydrogen-bond donors (Lipinski definition) is 1. The fourth-order valence-electron chi connectivity index (χ4n) is 2.00. The highest BCUT2D eigenvalue weighted by molar-refractivity contribution is 6.08. The Morgan fingerprint density at radius 2 is 1.88 bits per heavy atom. The minimum absolute atomic E-state index is 0.117. The first-order valence-electron chi connectivity index (χ1n) is 4.97. The third kappa shape index (κ3) is 1.18. The summed E-state index contributed by atoms with van der Waals surface area (Å²) in [7, 11) is 0. The van der Waals surface area contributed by atoms with E-state index in [2.05, 4.69) is 4.98 Å². The molecule has 0 unspecified atom stereocenters. The van der Waals surface area contributed by atoms with Crippen molar-refractivity contribution in [3.8, 4) is 0 Å². The highest BCUT2D eigenvalue weighted by Gasteiger charge is 2.04. The molecule has 0 aliphatic carbocycles. The van der Waals surface area contributed by atoms with Crippen LogP contribution >= 0.6 is 0 Å². The Labute approximate surface area is 91.3 Å². The number of fused-ring (bicyclic) bond motifs is 3. The predicted octanol–water partition coefficient (Wildman–Crippen LogP) is 1.68. The fraction of sp³-hybridized carbons (Fsp3) is 0. The number of aromatic amines is 1. The van der Waals surface area contributed by atoms with Gasteiger partial charge in [-0.05, 0) is 22.9 Å². The van der Waals surface area contributed by atoms with Gasteiger partial charge in [-0.3, -0.25) is 0 Å². The van der Waals surface area contributed by atoms with Gasteiger partial charge in [0.1, 0.15) is 0 Å². The Morgan fingerprint density at radius 1 is 1.06 bits per heavy atom. The van der Waals surface area contributed by atoms with Gasteiger partial charge in [-0.25, -0.2) is 0 Å². The third-order valence-electron chi connectivity index (χ3n) is 2.75. The first-order valence-corrected chi connectivity index (χ1v) is 4.97. The van der Waals surface area contributed by atoms with Gasteiger partial charge in [-0.2, -0.15) is 0 Å². The number of H-pyrrole nitrogens is 1.